The lowest BCUT2D eigenvalue weighted by molar-refractivity contribution is 0.0936. The minimum atomic E-state index is -0.189. The van der Waals surface area contributed by atoms with E-state index in [-0.39, 0.29) is 18.7 Å². The third kappa shape index (κ3) is 4.23. The molecule has 0 bridgehead atoms. The van der Waals surface area contributed by atoms with Gasteiger partial charge in [-0.05, 0) is 50.6 Å². The summed E-state index contributed by atoms with van der Waals surface area (Å²) >= 11 is 5.96. The standard InChI is InChI=1S/C15H18ClN3O2/c1-10(2)17-15(20)14-6-7-19(18-14)9-21-12-4-5-13(16)11(3)8-12/h4-8,10H,9H2,1-3H3,(H,17,20). The van der Waals surface area contributed by atoms with Crippen LogP contribution in [0.15, 0.2) is 30.5 Å². The van der Waals surface area contributed by atoms with Gasteiger partial charge in [-0.15, -0.1) is 0 Å². The van der Waals surface area contributed by atoms with Crippen molar-refractivity contribution >= 4 is 17.5 Å². The van der Waals surface area contributed by atoms with Gasteiger partial charge in [-0.3, -0.25) is 4.79 Å². The van der Waals surface area contributed by atoms with E-state index in [1.165, 1.54) is 0 Å². The van der Waals surface area contributed by atoms with Gasteiger partial charge in [-0.25, -0.2) is 4.68 Å². The Balaban J connectivity index is 1.96. The third-order valence-electron chi connectivity index (χ3n) is 2.79. The molecule has 0 aliphatic heterocycles. The highest BCUT2D eigenvalue weighted by molar-refractivity contribution is 6.31. The summed E-state index contributed by atoms with van der Waals surface area (Å²) in [6.45, 7) is 5.95. The highest BCUT2D eigenvalue weighted by atomic mass is 35.5. The van der Waals surface area contributed by atoms with Crippen LogP contribution in [0.3, 0.4) is 0 Å². The molecule has 2 rings (SSSR count). The number of nitrogens with one attached hydrogen (secondary N) is 1. The van der Waals surface area contributed by atoms with E-state index in [2.05, 4.69) is 10.4 Å². The van der Waals surface area contributed by atoms with E-state index >= 15 is 0 Å². The summed E-state index contributed by atoms with van der Waals surface area (Å²) in [7, 11) is 0. The van der Waals surface area contributed by atoms with E-state index < -0.39 is 0 Å². The molecule has 0 unspecified atom stereocenters. The molecule has 0 atom stereocenters. The zero-order valence-corrected chi connectivity index (χ0v) is 13.0. The van der Waals surface area contributed by atoms with Crippen molar-refractivity contribution in [2.75, 3.05) is 0 Å². The van der Waals surface area contributed by atoms with E-state index in [0.717, 1.165) is 5.56 Å². The Kier molecular flexibility index (Phi) is 4.85. The topological polar surface area (TPSA) is 56.1 Å². The lowest BCUT2D eigenvalue weighted by Crippen LogP contribution is -2.30. The smallest absolute Gasteiger partial charge is 0.271 e. The first kappa shape index (κ1) is 15.4. The Morgan fingerprint density at radius 1 is 1.43 bits per heavy atom. The monoisotopic (exact) mass is 307 g/mol. The van der Waals surface area contributed by atoms with Gasteiger partial charge in [0.05, 0.1) is 0 Å². The summed E-state index contributed by atoms with van der Waals surface area (Å²) < 4.78 is 7.18. The van der Waals surface area contributed by atoms with Gasteiger partial charge >= 0.3 is 0 Å². The van der Waals surface area contributed by atoms with Crippen molar-refractivity contribution in [1.82, 2.24) is 15.1 Å². The second kappa shape index (κ2) is 6.63. The van der Waals surface area contributed by atoms with Crippen LogP contribution in [0.2, 0.25) is 5.02 Å². The average molecular weight is 308 g/mol. The largest absolute Gasteiger partial charge is 0.471 e. The van der Waals surface area contributed by atoms with Crippen molar-refractivity contribution < 1.29 is 9.53 Å². The van der Waals surface area contributed by atoms with Gasteiger partial charge < -0.3 is 10.1 Å². The molecule has 1 N–H and O–H groups in total. The number of ether oxygens (including phenoxy) is 1. The van der Waals surface area contributed by atoms with E-state index in [1.54, 1.807) is 29.1 Å². The fourth-order valence-corrected chi connectivity index (χ4v) is 1.86. The van der Waals surface area contributed by atoms with Crippen molar-refractivity contribution in [1.29, 1.82) is 0 Å². The average Bonchev–Trinajstić information content (AvgIpc) is 2.88. The summed E-state index contributed by atoms with van der Waals surface area (Å²) in [5.74, 6) is 0.520. The minimum Gasteiger partial charge on any atom is -0.471 e. The van der Waals surface area contributed by atoms with Crippen molar-refractivity contribution in [3.8, 4) is 5.75 Å². The number of hydrogen-bond acceptors (Lipinski definition) is 3. The molecule has 0 radical (unpaired) electrons. The Labute approximate surface area is 128 Å². The van der Waals surface area contributed by atoms with Crippen LogP contribution in [-0.4, -0.2) is 21.7 Å². The SMILES string of the molecule is Cc1cc(OCn2ccc(C(=O)NC(C)C)n2)ccc1Cl. The quantitative estimate of drug-likeness (QED) is 0.924. The predicted molar refractivity (Wildman–Crippen MR) is 81.6 cm³/mol. The lowest BCUT2D eigenvalue weighted by Gasteiger charge is -2.08. The normalized spacial score (nSPS) is 10.7. The summed E-state index contributed by atoms with van der Waals surface area (Å²) in [4.78, 5) is 11.8. The number of carbonyl (C=O) groups is 1. The van der Waals surface area contributed by atoms with Gasteiger partial charge in [0.1, 0.15) is 11.4 Å². The molecule has 0 saturated carbocycles. The maximum absolute atomic E-state index is 11.8. The summed E-state index contributed by atoms with van der Waals surface area (Å²) in [5.41, 5.74) is 1.33. The second-order valence-electron chi connectivity index (χ2n) is 5.05. The fraction of sp³-hybridized carbons (Fsp3) is 0.333. The van der Waals surface area contributed by atoms with E-state index in [4.69, 9.17) is 16.3 Å². The first-order valence-corrected chi connectivity index (χ1v) is 7.07. The molecule has 1 heterocycles. The Morgan fingerprint density at radius 2 is 2.19 bits per heavy atom. The Hall–Kier alpha value is -2.01. The van der Waals surface area contributed by atoms with Crippen LogP contribution in [0.4, 0.5) is 0 Å². The molecule has 1 amide bonds. The number of benzene rings is 1. The molecule has 112 valence electrons. The molecule has 21 heavy (non-hydrogen) atoms. The van der Waals surface area contributed by atoms with Crippen molar-refractivity contribution in [2.45, 2.75) is 33.5 Å². The van der Waals surface area contributed by atoms with Crippen molar-refractivity contribution in [3.63, 3.8) is 0 Å². The van der Waals surface area contributed by atoms with Crippen LogP contribution in [0.1, 0.15) is 29.9 Å². The molecule has 0 aliphatic rings. The van der Waals surface area contributed by atoms with Crippen LogP contribution >= 0.6 is 11.6 Å². The number of amides is 1. The molecule has 0 saturated heterocycles. The number of rotatable bonds is 5. The summed E-state index contributed by atoms with van der Waals surface area (Å²) in [6.07, 6.45) is 1.71. The highest BCUT2D eigenvalue weighted by Gasteiger charge is 2.10. The molecule has 1 aromatic carbocycles. The zero-order valence-electron chi connectivity index (χ0n) is 12.3. The summed E-state index contributed by atoms with van der Waals surface area (Å²) in [5, 5.41) is 7.66. The van der Waals surface area contributed by atoms with Crippen LogP contribution < -0.4 is 10.1 Å². The molecular weight excluding hydrogens is 290 g/mol. The Bertz CT molecular complexity index is 638. The highest BCUT2D eigenvalue weighted by Crippen LogP contribution is 2.21. The number of nitrogens with zero attached hydrogens (tertiary/aromatic N) is 2. The van der Waals surface area contributed by atoms with Crippen LogP contribution in [-0.2, 0) is 6.73 Å². The van der Waals surface area contributed by atoms with Crippen molar-refractivity contribution in [2.24, 2.45) is 0 Å². The maximum atomic E-state index is 11.8. The van der Waals surface area contributed by atoms with E-state index in [9.17, 15) is 4.79 Å². The van der Waals surface area contributed by atoms with Gasteiger partial charge in [0, 0.05) is 17.3 Å². The lowest BCUT2D eigenvalue weighted by atomic mass is 10.2. The number of carbonyl (C=O) groups excluding carboxylic acids is 1. The van der Waals surface area contributed by atoms with Crippen LogP contribution in [0.25, 0.3) is 0 Å². The van der Waals surface area contributed by atoms with E-state index in [0.29, 0.717) is 16.5 Å². The molecule has 1 aromatic heterocycles. The maximum Gasteiger partial charge on any atom is 0.271 e. The van der Waals surface area contributed by atoms with Gasteiger partial charge in [0.25, 0.3) is 5.91 Å². The first-order chi connectivity index (χ1) is 9.95. The molecule has 2 aromatic rings. The minimum absolute atomic E-state index is 0.0796. The van der Waals surface area contributed by atoms with Gasteiger partial charge in [0.15, 0.2) is 6.73 Å². The third-order valence-corrected chi connectivity index (χ3v) is 3.21. The first-order valence-electron chi connectivity index (χ1n) is 6.69. The molecule has 5 nitrogen and oxygen atoms in total. The predicted octanol–water partition coefficient (Wildman–Crippen LogP) is 3.02. The number of halogens is 1. The molecule has 0 spiro atoms. The van der Waals surface area contributed by atoms with Crippen LogP contribution in [0, 0.1) is 6.92 Å². The fourth-order valence-electron chi connectivity index (χ4n) is 1.74. The number of aryl methyl sites for hydroxylation is 1. The Morgan fingerprint density at radius 3 is 2.86 bits per heavy atom. The molecule has 6 heteroatoms. The van der Waals surface area contributed by atoms with Crippen molar-refractivity contribution in [3.05, 3.63) is 46.7 Å². The van der Waals surface area contributed by atoms with Crippen LogP contribution in [0.5, 0.6) is 5.75 Å². The van der Waals surface area contributed by atoms with Gasteiger partial charge in [-0.2, -0.15) is 5.10 Å². The van der Waals surface area contributed by atoms with Gasteiger partial charge in [0.2, 0.25) is 0 Å². The molecule has 0 fully saturated rings. The molecule has 0 aliphatic carbocycles. The summed E-state index contributed by atoms with van der Waals surface area (Å²) in [6, 6.07) is 7.19. The number of hydrogen-bond donors (Lipinski definition) is 1. The second-order valence-corrected chi connectivity index (χ2v) is 5.46. The van der Waals surface area contributed by atoms with Gasteiger partial charge in [-0.1, -0.05) is 11.6 Å². The van der Waals surface area contributed by atoms with E-state index in [1.807, 2.05) is 26.8 Å². The number of aromatic nitrogens is 2. The zero-order chi connectivity index (χ0) is 15.4. The molecular formula is C15H18ClN3O2.